The predicted octanol–water partition coefficient (Wildman–Crippen LogP) is 3.00. The molecular weight excluding hydrogens is 195 g/mol. The van der Waals surface area contributed by atoms with Crippen molar-refractivity contribution < 1.29 is 26.7 Å². The molecular formula is C7H11F5O. The molecule has 0 rings (SSSR count). The third kappa shape index (κ3) is 5.79. The highest BCUT2D eigenvalue weighted by Gasteiger charge is 2.32. The molecule has 0 aliphatic carbocycles. The van der Waals surface area contributed by atoms with E-state index in [1.165, 1.54) is 6.92 Å². The van der Waals surface area contributed by atoms with Crippen LogP contribution >= 0.6 is 0 Å². The lowest BCUT2D eigenvalue weighted by molar-refractivity contribution is -0.193. The van der Waals surface area contributed by atoms with Gasteiger partial charge in [0.25, 0.3) is 0 Å². The number of ether oxygens (including phenoxy) is 1. The Morgan fingerprint density at radius 2 is 1.69 bits per heavy atom. The van der Waals surface area contributed by atoms with E-state index in [9.17, 15) is 22.0 Å². The molecule has 1 atom stereocenters. The van der Waals surface area contributed by atoms with Crippen LogP contribution in [0.2, 0.25) is 0 Å². The second kappa shape index (κ2) is 4.74. The molecule has 0 heterocycles. The van der Waals surface area contributed by atoms with Gasteiger partial charge in [0.1, 0.15) is 6.67 Å². The van der Waals surface area contributed by atoms with Crippen molar-refractivity contribution in [2.24, 2.45) is 0 Å². The lowest BCUT2D eigenvalue weighted by atomic mass is 10.2. The smallest absolute Gasteiger partial charge is 0.343 e. The van der Waals surface area contributed by atoms with Gasteiger partial charge in [0.05, 0.1) is 13.0 Å². The second-order valence-corrected chi connectivity index (χ2v) is 2.58. The van der Waals surface area contributed by atoms with Crippen LogP contribution in [0.15, 0.2) is 0 Å². The summed E-state index contributed by atoms with van der Waals surface area (Å²) < 4.78 is 63.5. The molecule has 0 aromatic heterocycles. The van der Waals surface area contributed by atoms with E-state index >= 15 is 0 Å². The number of hydrogen-bond donors (Lipinski definition) is 0. The van der Waals surface area contributed by atoms with Crippen LogP contribution in [-0.2, 0) is 4.74 Å². The number of halogens is 5. The Hall–Kier alpha value is -0.390. The SMILES string of the molecule is CCC(F)(CF)OCCC(F)(F)F. The van der Waals surface area contributed by atoms with Crippen LogP contribution in [0.3, 0.4) is 0 Å². The van der Waals surface area contributed by atoms with Gasteiger partial charge in [-0.15, -0.1) is 0 Å². The summed E-state index contributed by atoms with van der Waals surface area (Å²) in [6, 6.07) is 0. The van der Waals surface area contributed by atoms with Crippen LogP contribution in [-0.4, -0.2) is 25.3 Å². The Kier molecular flexibility index (Phi) is 4.60. The fraction of sp³-hybridized carbons (Fsp3) is 1.00. The first kappa shape index (κ1) is 12.6. The van der Waals surface area contributed by atoms with Gasteiger partial charge in [-0.3, -0.25) is 0 Å². The monoisotopic (exact) mass is 206 g/mol. The van der Waals surface area contributed by atoms with Gasteiger partial charge in [-0.1, -0.05) is 6.92 Å². The maximum atomic E-state index is 12.9. The molecule has 0 saturated carbocycles. The number of hydrogen-bond acceptors (Lipinski definition) is 1. The summed E-state index contributed by atoms with van der Waals surface area (Å²) in [5.74, 6) is -2.56. The highest BCUT2D eigenvalue weighted by molar-refractivity contribution is 4.64. The van der Waals surface area contributed by atoms with Crippen LogP contribution in [0.5, 0.6) is 0 Å². The van der Waals surface area contributed by atoms with Crippen molar-refractivity contribution in [3.63, 3.8) is 0 Å². The molecule has 0 saturated heterocycles. The molecule has 0 bridgehead atoms. The van der Waals surface area contributed by atoms with Crippen molar-refractivity contribution in [1.82, 2.24) is 0 Å². The molecule has 0 aliphatic heterocycles. The van der Waals surface area contributed by atoms with Gasteiger partial charge in [0, 0.05) is 6.42 Å². The first-order valence-electron chi connectivity index (χ1n) is 3.78. The van der Waals surface area contributed by atoms with Crippen molar-refractivity contribution in [2.75, 3.05) is 13.3 Å². The molecule has 0 fully saturated rings. The summed E-state index contributed by atoms with van der Waals surface area (Å²) in [6.07, 6.45) is -5.97. The zero-order valence-electron chi connectivity index (χ0n) is 7.13. The molecule has 0 N–H and O–H groups in total. The van der Waals surface area contributed by atoms with Gasteiger partial charge < -0.3 is 4.74 Å². The van der Waals surface area contributed by atoms with Gasteiger partial charge in [-0.05, 0) is 0 Å². The average Bonchev–Trinajstić information content (AvgIpc) is 2.02. The highest BCUT2D eigenvalue weighted by atomic mass is 19.4. The van der Waals surface area contributed by atoms with Gasteiger partial charge in [0.15, 0.2) is 0 Å². The normalized spacial score (nSPS) is 17.1. The molecule has 0 aliphatic rings. The quantitative estimate of drug-likeness (QED) is 0.628. The maximum absolute atomic E-state index is 12.9. The Labute approximate surface area is 72.9 Å². The Morgan fingerprint density at radius 3 is 2.00 bits per heavy atom. The van der Waals surface area contributed by atoms with E-state index in [2.05, 4.69) is 4.74 Å². The fourth-order valence-electron chi connectivity index (χ4n) is 0.585. The van der Waals surface area contributed by atoms with E-state index in [4.69, 9.17) is 0 Å². The van der Waals surface area contributed by atoms with Gasteiger partial charge in [0.2, 0.25) is 5.85 Å². The Bertz CT molecular complexity index is 140. The van der Waals surface area contributed by atoms with Crippen molar-refractivity contribution in [1.29, 1.82) is 0 Å². The summed E-state index contributed by atoms with van der Waals surface area (Å²) in [7, 11) is 0. The largest absolute Gasteiger partial charge is 0.391 e. The zero-order chi connectivity index (χ0) is 10.5. The van der Waals surface area contributed by atoms with E-state index in [1.807, 2.05) is 0 Å². The molecule has 0 aromatic carbocycles. The molecule has 6 heteroatoms. The summed E-state index contributed by atoms with van der Waals surface area (Å²) in [5, 5.41) is 0. The van der Waals surface area contributed by atoms with Gasteiger partial charge in [-0.25, -0.2) is 8.78 Å². The molecule has 80 valence electrons. The maximum Gasteiger partial charge on any atom is 0.391 e. The van der Waals surface area contributed by atoms with Crippen molar-refractivity contribution in [3.05, 3.63) is 0 Å². The van der Waals surface area contributed by atoms with E-state index < -0.39 is 31.7 Å². The van der Waals surface area contributed by atoms with Crippen LogP contribution in [0.25, 0.3) is 0 Å². The minimum Gasteiger partial charge on any atom is -0.343 e. The van der Waals surface area contributed by atoms with Crippen LogP contribution in [0, 0.1) is 0 Å². The lowest BCUT2D eigenvalue weighted by Crippen LogP contribution is -2.30. The van der Waals surface area contributed by atoms with Crippen LogP contribution in [0.1, 0.15) is 19.8 Å². The first-order valence-corrected chi connectivity index (χ1v) is 3.78. The molecule has 0 amide bonds. The van der Waals surface area contributed by atoms with Crippen LogP contribution in [0.4, 0.5) is 22.0 Å². The molecule has 0 aromatic rings. The third-order valence-electron chi connectivity index (χ3n) is 1.47. The summed E-state index contributed by atoms with van der Waals surface area (Å²) in [5.41, 5.74) is 0. The van der Waals surface area contributed by atoms with Crippen LogP contribution < -0.4 is 0 Å². The Morgan fingerprint density at radius 1 is 1.15 bits per heavy atom. The van der Waals surface area contributed by atoms with E-state index in [0.717, 1.165) is 0 Å². The predicted molar refractivity (Wildman–Crippen MR) is 36.7 cm³/mol. The fourth-order valence-corrected chi connectivity index (χ4v) is 0.585. The highest BCUT2D eigenvalue weighted by Crippen LogP contribution is 2.23. The van der Waals surface area contributed by atoms with Crippen molar-refractivity contribution in [3.8, 4) is 0 Å². The summed E-state index contributed by atoms with van der Waals surface area (Å²) >= 11 is 0. The minimum absolute atomic E-state index is 0.304. The number of rotatable bonds is 5. The zero-order valence-corrected chi connectivity index (χ0v) is 7.13. The molecule has 1 nitrogen and oxygen atoms in total. The van der Waals surface area contributed by atoms with Gasteiger partial charge >= 0.3 is 6.18 Å². The number of alkyl halides is 5. The molecule has 13 heavy (non-hydrogen) atoms. The summed E-state index contributed by atoms with van der Waals surface area (Å²) in [4.78, 5) is 0. The van der Waals surface area contributed by atoms with Gasteiger partial charge in [-0.2, -0.15) is 13.2 Å². The standard InChI is InChI=1S/C7H11F5O/c1-2-6(9,5-8)13-4-3-7(10,11)12/h2-5H2,1H3. The van der Waals surface area contributed by atoms with E-state index in [0.29, 0.717) is 0 Å². The first-order chi connectivity index (χ1) is 5.83. The Balaban J connectivity index is 3.74. The molecule has 0 spiro atoms. The average molecular weight is 206 g/mol. The summed E-state index contributed by atoms with van der Waals surface area (Å²) in [6.45, 7) is -0.980. The minimum atomic E-state index is -4.40. The second-order valence-electron chi connectivity index (χ2n) is 2.58. The third-order valence-corrected chi connectivity index (χ3v) is 1.47. The lowest BCUT2D eigenvalue weighted by Gasteiger charge is -2.20. The van der Waals surface area contributed by atoms with E-state index in [-0.39, 0.29) is 6.42 Å². The topological polar surface area (TPSA) is 9.23 Å². The van der Waals surface area contributed by atoms with E-state index in [1.54, 1.807) is 0 Å². The molecule has 1 unspecified atom stereocenters. The van der Waals surface area contributed by atoms with Crippen molar-refractivity contribution in [2.45, 2.75) is 31.8 Å². The molecule has 0 radical (unpaired) electrons. The van der Waals surface area contributed by atoms with Crippen molar-refractivity contribution >= 4 is 0 Å².